The number of aromatic carboxylic acids is 1. The third-order valence-corrected chi connectivity index (χ3v) is 2.90. The molecule has 0 aliphatic carbocycles. The highest BCUT2D eigenvalue weighted by Crippen LogP contribution is 2.30. The first kappa shape index (κ1) is 10.9. The first-order chi connectivity index (χ1) is 7.50. The maximum absolute atomic E-state index is 13.5. The second-order valence-electron chi connectivity index (χ2n) is 3.92. The molecule has 0 radical (unpaired) electrons. The summed E-state index contributed by atoms with van der Waals surface area (Å²) in [5.41, 5.74) is -0.326. The van der Waals surface area contributed by atoms with Gasteiger partial charge in [-0.1, -0.05) is 0 Å². The van der Waals surface area contributed by atoms with Gasteiger partial charge in [-0.15, -0.1) is 0 Å². The number of carboxylic acid groups (broad SMARTS) is 1. The van der Waals surface area contributed by atoms with Crippen molar-refractivity contribution in [1.82, 2.24) is 0 Å². The van der Waals surface area contributed by atoms with Gasteiger partial charge in [-0.05, 0) is 19.4 Å². The minimum Gasteiger partial charge on any atom is -0.478 e. The molecule has 1 aromatic carbocycles. The van der Waals surface area contributed by atoms with Gasteiger partial charge in [0.15, 0.2) is 0 Å². The maximum atomic E-state index is 13.5. The van der Waals surface area contributed by atoms with Crippen LogP contribution in [0.2, 0.25) is 0 Å². The van der Waals surface area contributed by atoms with Crippen LogP contribution in [0.15, 0.2) is 12.1 Å². The molecule has 1 aliphatic heterocycles. The van der Waals surface area contributed by atoms with Crippen molar-refractivity contribution in [1.29, 1.82) is 0 Å². The highest BCUT2D eigenvalue weighted by molar-refractivity contribution is 5.89. The molecule has 1 heterocycles. The molecular weight excluding hydrogens is 216 g/mol. The third-order valence-electron chi connectivity index (χ3n) is 2.90. The fourth-order valence-electron chi connectivity index (χ4n) is 1.80. The van der Waals surface area contributed by atoms with E-state index in [-0.39, 0.29) is 11.7 Å². The van der Waals surface area contributed by atoms with Crippen molar-refractivity contribution in [3.05, 3.63) is 29.3 Å². The summed E-state index contributed by atoms with van der Waals surface area (Å²) in [6.07, 6.45) is 0.930. The zero-order chi connectivity index (χ0) is 11.9. The van der Waals surface area contributed by atoms with E-state index in [1.807, 2.05) is 6.92 Å². The molecule has 1 atom stereocenters. The molecule has 2 rings (SSSR count). The van der Waals surface area contributed by atoms with Crippen molar-refractivity contribution in [2.75, 3.05) is 11.4 Å². The van der Waals surface area contributed by atoms with Gasteiger partial charge in [0.05, 0.1) is 11.3 Å². The van der Waals surface area contributed by atoms with Gasteiger partial charge in [-0.2, -0.15) is 0 Å². The van der Waals surface area contributed by atoms with Gasteiger partial charge in [-0.25, -0.2) is 13.6 Å². The molecule has 0 spiro atoms. The summed E-state index contributed by atoms with van der Waals surface area (Å²) >= 11 is 0. The Morgan fingerprint density at radius 1 is 1.44 bits per heavy atom. The molecule has 1 saturated heterocycles. The molecule has 1 fully saturated rings. The first-order valence-corrected chi connectivity index (χ1v) is 4.99. The molecule has 0 amide bonds. The molecular formula is C11H11F2NO2. The highest BCUT2D eigenvalue weighted by Gasteiger charge is 2.27. The standard InChI is InChI=1S/C11H11F2NO2/c1-6-2-3-14(6)10-4-7(11(15)16)8(12)5-9(10)13/h4-6H,2-3H2,1H3,(H,15,16). The highest BCUT2D eigenvalue weighted by atomic mass is 19.1. The molecule has 1 aromatic rings. The lowest BCUT2D eigenvalue weighted by Gasteiger charge is -2.41. The molecule has 1 N–H and O–H groups in total. The van der Waals surface area contributed by atoms with E-state index in [1.165, 1.54) is 0 Å². The van der Waals surface area contributed by atoms with Crippen LogP contribution in [-0.2, 0) is 0 Å². The van der Waals surface area contributed by atoms with Crippen molar-refractivity contribution in [2.24, 2.45) is 0 Å². The van der Waals surface area contributed by atoms with Crippen LogP contribution in [0, 0.1) is 11.6 Å². The molecule has 1 aliphatic rings. The summed E-state index contributed by atoms with van der Waals surface area (Å²) in [7, 11) is 0. The molecule has 86 valence electrons. The van der Waals surface area contributed by atoms with E-state index >= 15 is 0 Å². The SMILES string of the molecule is CC1CCN1c1cc(C(=O)O)c(F)cc1F. The van der Waals surface area contributed by atoms with E-state index in [1.54, 1.807) is 4.90 Å². The number of halogens is 2. The summed E-state index contributed by atoms with van der Waals surface area (Å²) in [6.45, 7) is 2.58. The van der Waals surface area contributed by atoms with Gasteiger partial charge in [0.2, 0.25) is 0 Å². The van der Waals surface area contributed by atoms with Gasteiger partial charge in [0.25, 0.3) is 0 Å². The predicted octanol–water partition coefficient (Wildman–Crippen LogP) is 2.26. The number of carbonyl (C=O) groups is 1. The summed E-state index contributed by atoms with van der Waals surface area (Å²) in [6, 6.07) is 1.86. The zero-order valence-corrected chi connectivity index (χ0v) is 8.70. The Labute approximate surface area is 91.3 Å². The maximum Gasteiger partial charge on any atom is 0.338 e. The van der Waals surface area contributed by atoms with Gasteiger partial charge < -0.3 is 10.0 Å². The number of nitrogens with zero attached hydrogens (tertiary/aromatic N) is 1. The fraction of sp³-hybridized carbons (Fsp3) is 0.364. The van der Waals surface area contributed by atoms with Gasteiger partial charge >= 0.3 is 5.97 Å². The second kappa shape index (κ2) is 3.73. The van der Waals surface area contributed by atoms with E-state index in [4.69, 9.17) is 5.11 Å². The lowest BCUT2D eigenvalue weighted by atomic mass is 10.0. The lowest BCUT2D eigenvalue weighted by Crippen LogP contribution is -2.46. The Balaban J connectivity index is 2.45. The molecule has 16 heavy (non-hydrogen) atoms. The monoisotopic (exact) mass is 227 g/mol. The number of hydrogen-bond acceptors (Lipinski definition) is 2. The number of rotatable bonds is 2. The van der Waals surface area contributed by atoms with Crippen molar-refractivity contribution in [2.45, 2.75) is 19.4 Å². The van der Waals surface area contributed by atoms with E-state index in [0.717, 1.165) is 12.5 Å². The van der Waals surface area contributed by atoms with Crippen LogP contribution in [0.3, 0.4) is 0 Å². The van der Waals surface area contributed by atoms with Crippen molar-refractivity contribution < 1.29 is 18.7 Å². The van der Waals surface area contributed by atoms with Crippen LogP contribution in [0.1, 0.15) is 23.7 Å². The molecule has 1 unspecified atom stereocenters. The quantitative estimate of drug-likeness (QED) is 0.842. The normalized spacial score (nSPS) is 19.4. The number of carboxylic acids is 1. The van der Waals surface area contributed by atoms with Gasteiger partial charge in [0, 0.05) is 18.7 Å². The minimum atomic E-state index is -1.38. The zero-order valence-electron chi connectivity index (χ0n) is 8.70. The molecule has 0 bridgehead atoms. The smallest absolute Gasteiger partial charge is 0.338 e. The summed E-state index contributed by atoms with van der Waals surface area (Å²) < 4.78 is 26.6. The van der Waals surface area contributed by atoms with Crippen LogP contribution in [-0.4, -0.2) is 23.7 Å². The van der Waals surface area contributed by atoms with Gasteiger partial charge in [-0.3, -0.25) is 0 Å². The van der Waals surface area contributed by atoms with E-state index in [9.17, 15) is 13.6 Å². The average molecular weight is 227 g/mol. The second-order valence-corrected chi connectivity index (χ2v) is 3.92. The number of benzene rings is 1. The topological polar surface area (TPSA) is 40.5 Å². The predicted molar refractivity (Wildman–Crippen MR) is 54.7 cm³/mol. The number of anilines is 1. The largest absolute Gasteiger partial charge is 0.478 e. The van der Waals surface area contributed by atoms with Gasteiger partial charge in [0.1, 0.15) is 11.6 Å². The van der Waals surface area contributed by atoms with Crippen molar-refractivity contribution in [3.63, 3.8) is 0 Å². The van der Waals surface area contributed by atoms with E-state index in [2.05, 4.69) is 0 Å². The van der Waals surface area contributed by atoms with Crippen LogP contribution in [0.25, 0.3) is 0 Å². The molecule has 0 aromatic heterocycles. The van der Waals surface area contributed by atoms with Crippen molar-refractivity contribution in [3.8, 4) is 0 Å². The van der Waals surface area contributed by atoms with E-state index < -0.39 is 23.2 Å². The third kappa shape index (κ3) is 1.62. The Kier molecular flexibility index (Phi) is 2.53. The van der Waals surface area contributed by atoms with Crippen LogP contribution < -0.4 is 4.90 Å². The Bertz CT molecular complexity index is 448. The molecule has 0 saturated carbocycles. The lowest BCUT2D eigenvalue weighted by molar-refractivity contribution is 0.0692. The average Bonchev–Trinajstić information content (AvgIpc) is 2.19. The number of hydrogen-bond donors (Lipinski definition) is 1. The van der Waals surface area contributed by atoms with Crippen LogP contribution in [0.4, 0.5) is 14.5 Å². The first-order valence-electron chi connectivity index (χ1n) is 4.99. The molecule has 3 nitrogen and oxygen atoms in total. The summed E-state index contributed by atoms with van der Waals surface area (Å²) in [5.74, 6) is -3.14. The summed E-state index contributed by atoms with van der Waals surface area (Å²) in [5, 5.41) is 8.74. The van der Waals surface area contributed by atoms with E-state index in [0.29, 0.717) is 12.6 Å². The van der Waals surface area contributed by atoms with Crippen LogP contribution in [0.5, 0.6) is 0 Å². The molecule has 5 heteroatoms. The minimum absolute atomic E-state index is 0.164. The summed E-state index contributed by atoms with van der Waals surface area (Å²) in [4.78, 5) is 12.4. The van der Waals surface area contributed by atoms with Crippen LogP contribution >= 0.6 is 0 Å². The Morgan fingerprint density at radius 3 is 2.56 bits per heavy atom. The Morgan fingerprint density at radius 2 is 2.12 bits per heavy atom. The van der Waals surface area contributed by atoms with Crippen molar-refractivity contribution >= 4 is 11.7 Å². The fourth-order valence-corrected chi connectivity index (χ4v) is 1.80. The Hall–Kier alpha value is -1.65.